The number of aromatic nitrogens is 4. The lowest BCUT2D eigenvalue weighted by Crippen LogP contribution is -2.36. The number of para-hydroxylation sites is 1. The molecule has 1 saturated carbocycles. The monoisotopic (exact) mass is 365 g/mol. The van der Waals surface area contributed by atoms with Crippen molar-refractivity contribution in [2.45, 2.75) is 51.2 Å². The smallest absolute Gasteiger partial charge is 0.170 e. The van der Waals surface area contributed by atoms with Crippen molar-refractivity contribution in [1.82, 2.24) is 25.1 Å². The Bertz CT molecular complexity index is 841. The number of tetrazole rings is 1. The van der Waals surface area contributed by atoms with Crippen LogP contribution in [0, 0.1) is 5.82 Å². The summed E-state index contributed by atoms with van der Waals surface area (Å²) in [7, 11) is 0. The highest BCUT2D eigenvalue weighted by molar-refractivity contribution is 5.30. The Morgan fingerprint density at radius 2 is 1.67 bits per heavy atom. The molecule has 27 heavy (non-hydrogen) atoms. The number of hydrogen-bond donors (Lipinski definition) is 0. The molecule has 0 radical (unpaired) electrons. The fourth-order valence-corrected chi connectivity index (χ4v) is 3.84. The molecule has 5 nitrogen and oxygen atoms in total. The predicted octanol–water partition coefficient (Wildman–Crippen LogP) is 4.14. The summed E-state index contributed by atoms with van der Waals surface area (Å²) in [6.45, 7) is 1.44. The van der Waals surface area contributed by atoms with Crippen LogP contribution in [0.5, 0.6) is 0 Å². The standard InChI is InChI=1S/C21H24FN5/c22-18-13-11-17(12-14-18)15-26(19-7-3-1-4-8-19)16-21-23-24-25-27(21)20-9-5-2-6-10-20/h2,5-6,9-14,19H,1,3-4,7-8,15-16H2. The van der Waals surface area contributed by atoms with Crippen LogP contribution in [0.15, 0.2) is 54.6 Å². The summed E-state index contributed by atoms with van der Waals surface area (Å²) in [6.07, 6.45) is 6.20. The van der Waals surface area contributed by atoms with Gasteiger partial charge in [-0.15, -0.1) is 5.10 Å². The summed E-state index contributed by atoms with van der Waals surface area (Å²) >= 11 is 0. The summed E-state index contributed by atoms with van der Waals surface area (Å²) in [5, 5.41) is 12.4. The van der Waals surface area contributed by atoms with E-state index in [1.54, 1.807) is 4.68 Å². The summed E-state index contributed by atoms with van der Waals surface area (Å²) in [4.78, 5) is 2.44. The van der Waals surface area contributed by atoms with Crippen LogP contribution in [0.4, 0.5) is 4.39 Å². The maximum atomic E-state index is 13.3. The van der Waals surface area contributed by atoms with Gasteiger partial charge in [0.15, 0.2) is 5.82 Å². The second-order valence-corrected chi connectivity index (χ2v) is 7.17. The first-order valence-corrected chi connectivity index (χ1v) is 9.61. The van der Waals surface area contributed by atoms with Crippen LogP contribution in [0.1, 0.15) is 43.5 Å². The van der Waals surface area contributed by atoms with Crippen molar-refractivity contribution in [2.75, 3.05) is 0 Å². The molecule has 140 valence electrons. The summed E-state index contributed by atoms with van der Waals surface area (Å²) in [5.74, 6) is 0.630. The highest BCUT2D eigenvalue weighted by Crippen LogP contribution is 2.25. The molecule has 2 aromatic carbocycles. The van der Waals surface area contributed by atoms with Gasteiger partial charge in [0.05, 0.1) is 12.2 Å². The van der Waals surface area contributed by atoms with Gasteiger partial charge < -0.3 is 0 Å². The molecule has 6 heteroatoms. The minimum Gasteiger partial charge on any atom is -0.289 e. The molecule has 0 bridgehead atoms. The SMILES string of the molecule is Fc1ccc(CN(Cc2nnnn2-c2ccccc2)C2CCCCC2)cc1. The molecule has 0 N–H and O–H groups in total. The topological polar surface area (TPSA) is 46.8 Å². The van der Waals surface area contributed by atoms with Gasteiger partial charge in [0.2, 0.25) is 0 Å². The Hall–Kier alpha value is -2.60. The first kappa shape index (κ1) is 17.8. The van der Waals surface area contributed by atoms with E-state index in [0.717, 1.165) is 23.6 Å². The van der Waals surface area contributed by atoms with Crippen molar-refractivity contribution < 1.29 is 4.39 Å². The second kappa shape index (κ2) is 8.39. The van der Waals surface area contributed by atoms with Gasteiger partial charge in [-0.05, 0) is 53.1 Å². The minimum atomic E-state index is -0.198. The van der Waals surface area contributed by atoms with E-state index >= 15 is 0 Å². The van der Waals surface area contributed by atoms with Gasteiger partial charge in [0.1, 0.15) is 5.82 Å². The lowest BCUT2D eigenvalue weighted by atomic mass is 9.93. The number of benzene rings is 2. The van der Waals surface area contributed by atoms with Crippen LogP contribution in [-0.2, 0) is 13.1 Å². The minimum absolute atomic E-state index is 0.198. The number of hydrogen-bond acceptors (Lipinski definition) is 4. The third-order valence-electron chi connectivity index (χ3n) is 5.27. The van der Waals surface area contributed by atoms with E-state index in [2.05, 4.69) is 20.4 Å². The van der Waals surface area contributed by atoms with Crippen molar-refractivity contribution in [1.29, 1.82) is 0 Å². The maximum absolute atomic E-state index is 13.3. The number of halogens is 1. The van der Waals surface area contributed by atoms with Crippen molar-refractivity contribution in [3.63, 3.8) is 0 Å². The zero-order valence-corrected chi connectivity index (χ0v) is 15.3. The van der Waals surface area contributed by atoms with Crippen molar-refractivity contribution >= 4 is 0 Å². The summed E-state index contributed by atoms with van der Waals surface area (Å²) in [6, 6.07) is 17.3. The Balaban J connectivity index is 1.58. The molecule has 1 fully saturated rings. The van der Waals surface area contributed by atoms with Crippen LogP contribution in [0.25, 0.3) is 5.69 Å². The number of rotatable bonds is 6. The molecule has 0 spiro atoms. The Kier molecular flexibility index (Phi) is 5.53. The molecule has 4 rings (SSSR count). The van der Waals surface area contributed by atoms with Gasteiger partial charge in [-0.25, -0.2) is 4.39 Å². The molecular formula is C21H24FN5. The fourth-order valence-electron chi connectivity index (χ4n) is 3.84. The van der Waals surface area contributed by atoms with Crippen LogP contribution < -0.4 is 0 Å². The molecule has 1 aliphatic carbocycles. The summed E-state index contributed by atoms with van der Waals surface area (Å²) < 4.78 is 15.1. The number of nitrogens with zero attached hydrogens (tertiary/aromatic N) is 5. The highest BCUT2D eigenvalue weighted by atomic mass is 19.1. The van der Waals surface area contributed by atoms with E-state index in [1.807, 2.05) is 42.5 Å². The Morgan fingerprint density at radius 1 is 0.926 bits per heavy atom. The van der Waals surface area contributed by atoms with Crippen LogP contribution in [0.3, 0.4) is 0 Å². The predicted molar refractivity (Wildman–Crippen MR) is 102 cm³/mol. The molecular weight excluding hydrogens is 341 g/mol. The van der Waals surface area contributed by atoms with Crippen molar-refractivity contribution in [3.8, 4) is 5.69 Å². The van der Waals surface area contributed by atoms with Gasteiger partial charge in [0, 0.05) is 12.6 Å². The molecule has 0 amide bonds. The zero-order valence-electron chi connectivity index (χ0n) is 15.3. The Labute approximate surface area is 158 Å². The molecule has 1 aromatic heterocycles. The van der Waals surface area contributed by atoms with E-state index in [1.165, 1.54) is 44.2 Å². The third-order valence-corrected chi connectivity index (χ3v) is 5.27. The molecule has 0 saturated heterocycles. The van der Waals surface area contributed by atoms with Gasteiger partial charge in [-0.3, -0.25) is 4.90 Å². The lowest BCUT2D eigenvalue weighted by Gasteiger charge is -2.34. The van der Waals surface area contributed by atoms with E-state index in [4.69, 9.17) is 0 Å². The molecule has 1 aliphatic rings. The third kappa shape index (κ3) is 4.39. The van der Waals surface area contributed by atoms with E-state index in [-0.39, 0.29) is 5.82 Å². The first-order valence-electron chi connectivity index (χ1n) is 9.61. The van der Waals surface area contributed by atoms with Gasteiger partial charge >= 0.3 is 0 Å². The largest absolute Gasteiger partial charge is 0.289 e. The average molecular weight is 365 g/mol. The van der Waals surface area contributed by atoms with Crippen molar-refractivity contribution in [3.05, 3.63) is 71.8 Å². The quantitative estimate of drug-likeness (QED) is 0.659. The highest BCUT2D eigenvalue weighted by Gasteiger charge is 2.23. The molecule has 0 unspecified atom stereocenters. The van der Waals surface area contributed by atoms with Crippen LogP contribution in [0.2, 0.25) is 0 Å². The summed E-state index contributed by atoms with van der Waals surface area (Å²) in [5.41, 5.74) is 2.07. The molecule has 3 aromatic rings. The fraction of sp³-hybridized carbons (Fsp3) is 0.381. The molecule has 0 aliphatic heterocycles. The lowest BCUT2D eigenvalue weighted by molar-refractivity contribution is 0.135. The van der Waals surface area contributed by atoms with Crippen LogP contribution >= 0.6 is 0 Å². The average Bonchev–Trinajstić information content (AvgIpc) is 3.19. The van der Waals surface area contributed by atoms with E-state index in [0.29, 0.717) is 12.6 Å². The van der Waals surface area contributed by atoms with E-state index < -0.39 is 0 Å². The van der Waals surface area contributed by atoms with E-state index in [9.17, 15) is 4.39 Å². The Morgan fingerprint density at radius 3 is 2.41 bits per heavy atom. The molecule has 0 atom stereocenters. The van der Waals surface area contributed by atoms with Gasteiger partial charge in [-0.1, -0.05) is 49.6 Å². The van der Waals surface area contributed by atoms with Crippen molar-refractivity contribution in [2.24, 2.45) is 0 Å². The second-order valence-electron chi connectivity index (χ2n) is 7.17. The molecule has 1 heterocycles. The van der Waals surface area contributed by atoms with Gasteiger partial charge in [0.25, 0.3) is 0 Å². The maximum Gasteiger partial charge on any atom is 0.170 e. The zero-order chi connectivity index (χ0) is 18.5. The normalized spacial score (nSPS) is 15.3. The first-order chi connectivity index (χ1) is 13.3. The van der Waals surface area contributed by atoms with Gasteiger partial charge in [-0.2, -0.15) is 4.68 Å². The van der Waals surface area contributed by atoms with Crippen LogP contribution in [-0.4, -0.2) is 31.1 Å².